The molecule has 1 unspecified atom stereocenters. The summed E-state index contributed by atoms with van der Waals surface area (Å²) in [4.78, 5) is 14.0. The lowest BCUT2D eigenvalue weighted by Crippen LogP contribution is -2.51. The third kappa shape index (κ3) is 4.12. The van der Waals surface area contributed by atoms with Crippen LogP contribution in [0.1, 0.15) is 60.8 Å². The van der Waals surface area contributed by atoms with Crippen LogP contribution in [-0.2, 0) is 4.74 Å². The fourth-order valence-corrected chi connectivity index (χ4v) is 3.55. The zero-order valence-electron chi connectivity index (χ0n) is 14.5. The maximum atomic E-state index is 12.1. The summed E-state index contributed by atoms with van der Waals surface area (Å²) in [6.07, 6.45) is 3.19. The summed E-state index contributed by atoms with van der Waals surface area (Å²) in [7, 11) is 0. The highest BCUT2D eigenvalue weighted by Crippen LogP contribution is 2.44. The van der Waals surface area contributed by atoms with Gasteiger partial charge >= 0.3 is 6.03 Å². The van der Waals surface area contributed by atoms with Gasteiger partial charge in [-0.25, -0.2) is 4.79 Å². The fourth-order valence-electron chi connectivity index (χ4n) is 3.55. The second kappa shape index (κ2) is 5.79. The van der Waals surface area contributed by atoms with E-state index < -0.39 is 0 Å². The van der Waals surface area contributed by atoms with Crippen LogP contribution in [0.15, 0.2) is 0 Å². The third-order valence-corrected chi connectivity index (χ3v) is 4.62. The van der Waals surface area contributed by atoms with E-state index in [4.69, 9.17) is 4.74 Å². The number of nitrogens with one attached hydrogen (secondary N) is 1. The molecule has 3 atom stereocenters. The molecule has 1 N–H and O–H groups in total. The van der Waals surface area contributed by atoms with E-state index in [-0.39, 0.29) is 29.2 Å². The van der Waals surface area contributed by atoms with Gasteiger partial charge in [0.05, 0.1) is 6.10 Å². The zero-order chi connectivity index (χ0) is 15.8. The Labute approximate surface area is 129 Å². The lowest BCUT2D eigenvalue weighted by molar-refractivity contribution is -0.0583. The number of hydrogen-bond acceptors (Lipinski definition) is 2. The Hall–Kier alpha value is -0.770. The van der Waals surface area contributed by atoms with Gasteiger partial charge in [-0.1, -0.05) is 41.5 Å². The highest BCUT2D eigenvalue weighted by atomic mass is 16.5. The highest BCUT2D eigenvalue weighted by Gasteiger charge is 2.46. The van der Waals surface area contributed by atoms with Crippen LogP contribution in [0.4, 0.5) is 4.79 Å². The van der Waals surface area contributed by atoms with Crippen molar-refractivity contribution in [2.45, 2.75) is 73.1 Å². The summed E-state index contributed by atoms with van der Waals surface area (Å²) in [5.74, 6) is 0.497. The van der Waals surface area contributed by atoms with Gasteiger partial charge in [-0.3, -0.25) is 4.90 Å². The summed E-state index contributed by atoms with van der Waals surface area (Å²) < 4.78 is 6.35. The van der Waals surface area contributed by atoms with Crippen molar-refractivity contribution in [1.82, 2.24) is 10.2 Å². The van der Waals surface area contributed by atoms with Crippen LogP contribution in [0.25, 0.3) is 0 Å². The van der Waals surface area contributed by atoms with Crippen LogP contribution in [-0.4, -0.2) is 36.4 Å². The molecule has 0 aromatic rings. The number of carbonyl (C=O) groups excluding carboxylic acids is 1. The van der Waals surface area contributed by atoms with E-state index in [9.17, 15) is 4.79 Å². The molecule has 0 aromatic carbocycles. The zero-order valence-corrected chi connectivity index (χ0v) is 14.5. The number of carbonyl (C=O) groups is 1. The predicted molar refractivity (Wildman–Crippen MR) is 85.0 cm³/mol. The molecule has 21 heavy (non-hydrogen) atoms. The molecule has 0 spiro atoms. The van der Waals surface area contributed by atoms with Gasteiger partial charge in [0.2, 0.25) is 0 Å². The van der Waals surface area contributed by atoms with Gasteiger partial charge in [-0.2, -0.15) is 0 Å². The molecule has 0 aliphatic carbocycles. The molecule has 122 valence electrons. The quantitative estimate of drug-likeness (QED) is 0.845. The molecule has 4 heteroatoms. The lowest BCUT2D eigenvalue weighted by atomic mass is 9.73. The smallest absolute Gasteiger partial charge is 0.319 e. The predicted octanol–water partition coefficient (Wildman–Crippen LogP) is 3.62. The lowest BCUT2D eigenvalue weighted by Gasteiger charge is -2.34. The van der Waals surface area contributed by atoms with Gasteiger partial charge in [0.1, 0.15) is 6.23 Å². The Morgan fingerprint density at radius 2 is 1.90 bits per heavy atom. The maximum absolute atomic E-state index is 12.1. The number of ether oxygens (including phenoxy) is 1. The minimum Gasteiger partial charge on any atom is -0.355 e. The van der Waals surface area contributed by atoms with E-state index in [0.29, 0.717) is 5.92 Å². The minimum atomic E-state index is -0.0538. The molecule has 2 aliphatic rings. The molecule has 0 bridgehead atoms. The first-order chi connectivity index (χ1) is 9.58. The standard InChI is InChI=1S/C17H32N2O2/c1-16(2,3)11-13-12(17(4,5)6)10-14(21-13)19-9-7-8-18-15(19)20/h12-14H,7-11H2,1-6H3,(H,18,20)/t12?,13-,14-/m1/s1. The van der Waals surface area contributed by atoms with E-state index in [1.165, 1.54) is 0 Å². The summed E-state index contributed by atoms with van der Waals surface area (Å²) in [6, 6.07) is 0.0373. The monoisotopic (exact) mass is 296 g/mol. The molecule has 2 aliphatic heterocycles. The van der Waals surface area contributed by atoms with E-state index in [1.807, 2.05) is 4.90 Å². The van der Waals surface area contributed by atoms with Gasteiger partial charge in [0.15, 0.2) is 0 Å². The van der Waals surface area contributed by atoms with Crippen molar-refractivity contribution in [3.63, 3.8) is 0 Å². The summed E-state index contributed by atoms with van der Waals surface area (Å²) in [5, 5.41) is 2.93. The maximum Gasteiger partial charge on any atom is 0.319 e. The van der Waals surface area contributed by atoms with E-state index in [2.05, 4.69) is 46.9 Å². The van der Waals surface area contributed by atoms with Gasteiger partial charge in [-0.05, 0) is 36.0 Å². The van der Waals surface area contributed by atoms with Gasteiger partial charge < -0.3 is 10.1 Å². The van der Waals surface area contributed by atoms with Crippen molar-refractivity contribution in [1.29, 1.82) is 0 Å². The summed E-state index contributed by atoms with van der Waals surface area (Å²) >= 11 is 0. The van der Waals surface area contributed by atoms with Crippen molar-refractivity contribution in [2.24, 2.45) is 16.7 Å². The van der Waals surface area contributed by atoms with Crippen molar-refractivity contribution >= 4 is 6.03 Å². The molecular weight excluding hydrogens is 264 g/mol. The molecule has 0 radical (unpaired) electrons. The Bertz CT molecular complexity index is 381. The Morgan fingerprint density at radius 3 is 2.43 bits per heavy atom. The highest BCUT2D eigenvalue weighted by molar-refractivity contribution is 5.75. The number of nitrogens with zero attached hydrogens (tertiary/aromatic N) is 1. The fraction of sp³-hybridized carbons (Fsp3) is 0.941. The average Bonchev–Trinajstić information content (AvgIpc) is 2.70. The normalized spacial score (nSPS) is 31.4. The first kappa shape index (κ1) is 16.6. The Balaban J connectivity index is 2.11. The molecule has 0 aromatic heterocycles. The largest absolute Gasteiger partial charge is 0.355 e. The Morgan fingerprint density at radius 1 is 1.24 bits per heavy atom. The van der Waals surface area contributed by atoms with Crippen LogP contribution < -0.4 is 5.32 Å². The number of urea groups is 1. The van der Waals surface area contributed by atoms with E-state index in [1.54, 1.807) is 0 Å². The van der Waals surface area contributed by atoms with Crippen LogP contribution >= 0.6 is 0 Å². The van der Waals surface area contributed by atoms with Crippen molar-refractivity contribution in [2.75, 3.05) is 13.1 Å². The van der Waals surface area contributed by atoms with E-state index in [0.717, 1.165) is 32.4 Å². The second-order valence-electron chi connectivity index (χ2n) is 8.88. The van der Waals surface area contributed by atoms with Gasteiger partial charge in [0, 0.05) is 13.1 Å². The SMILES string of the molecule is CC(C)(C)C[C@H]1O[C@@H](N2CCCNC2=O)CC1C(C)(C)C. The number of rotatable bonds is 2. The molecule has 2 saturated heterocycles. The second-order valence-corrected chi connectivity index (χ2v) is 8.88. The van der Waals surface area contributed by atoms with Crippen LogP contribution in [0.5, 0.6) is 0 Å². The Kier molecular flexibility index (Phi) is 4.57. The molecule has 2 amide bonds. The molecular formula is C17H32N2O2. The molecule has 2 fully saturated rings. The summed E-state index contributed by atoms with van der Waals surface area (Å²) in [5.41, 5.74) is 0.449. The summed E-state index contributed by atoms with van der Waals surface area (Å²) in [6.45, 7) is 15.2. The first-order valence-electron chi connectivity index (χ1n) is 8.28. The first-order valence-corrected chi connectivity index (χ1v) is 8.28. The van der Waals surface area contributed by atoms with Gasteiger partial charge in [-0.15, -0.1) is 0 Å². The van der Waals surface area contributed by atoms with Gasteiger partial charge in [0.25, 0.3) is 0 Å². The number of hydrogen-bond donors (Lipinski definition) is 1. The molecule has 4 nitrogen and oxygen atoms in total. The number of amides is 2. The van der Waals surface area contributed by atoms with Crippen LogP contribution in [0.2, 0.25) is 0 Å². The third-order valence-electron chi connectivity index (χ3n) is 4.62. The van der Waals surface area contributed by atoms with Crippen molar-refractivity contribution < 1.29 is 9.53 Å². The topological polar surface area (TPSA) is 41.6 Å². The van der Waals surface area contributed by atoms with Crippen molar-refractivity contribution in [3.05, 3.63) is 0 Å². The van der Waals surface area contributed by atoms with E-state index >= 15 is 0 Å². The average molecular weight is 296 g/mol. The molecule has 2 rings (SSSR count). The van der Waals surface area contributed by atoms with Crippen molar-refractivity contribution in [3.8, 4) is 0 Å². The van der Waals surface area contributed by atoms with Crippen LogP contribution in [0, 0.1) is 16.7 Å². The molecule has 0 saturated carbocycles. The van der Waals surface area contributed by atoms with Crippen LogP contribution in [0.3, 0.4) is 0 Å². The minimum absolute atomic E-state index is 0.0373. The molecule has 2 heterocycles.